The highest BCUT2D eigenvalue weighted by molar-refractivity contribution is 5.94. The molecule has 7 nitrogen and oxygen atoms in total. The molecule has 0 aliphatic carbocycles. The molecule has 0 bridgehead atoms. The number of rotatable bonds is 9. The van der Waals surface area contributed by atoms with Gasteiger partial charge in [0.1, 0.15) is 11.5 Å². The maximum absolute atomic E-state index is 11.6. The maximum Gasteiger partial charge on any atom is 0.224 e. The van der Waals surface area contributed by atoms with Crippen LogP contribution in [-0.2, 0) is 11.2 Å². The van der Waals surface area contributed by atoms with Crippen LogP contribution < -0.4 is 21.1 Å². The van der Waals surface area contributed by atoms with Gasteiger partial charge in [-0.2, -0.15) is 0 Å². The van der Waals surface area contributed by atoms with Gasteiger partial charge in [0.15, 0.2) is 5.96 Å². The second kappa shape index (κ2) is 9.82. The number of ether oxygens (including phenoxy) is 1. The number of guanidine groups is 1. The Morgan fingerprint density at radius 3 is 2.54 bits per heavy atom. The van der Waals surface area contributed by atoms with Gasteiger partial charge in [0.2, 0.25) is 5.91 Å². The average Bonchev–Trinajstić information content (AvgIpc) is 3.14. The average molecular weight is 386 g/mol. The summed E-state index contributed by atoms with van der Waals surface area (Å²) in [6.45, 7) is 8.42. The van der Waals surface area contributed by atoms with Crippen LogP contribution in [0.4, 0.5) is 5.69 Å². The van der Waals surface area contributed by atoms with E-state index in [0.29, 0.717) is 18.9 Å². The molecule has 0 radical (unpaired) electrons. The first-order chi connectivity index (χ1) is 13.3. The topological polar surface area (TPSA) is 102 Å². The van der Waals surface area contributed by atoms with Crippen LogP contribution in [0.1, 0.15) is 33.5 Å². The second-order valence-electron chi connectivity index (χ2n) is 7.49. The van der Waals surface area contributed by atoms with Crippen LogP contribution in [0.5, 0.6) is 5.75 Å². The predicted molar refractivity (Wildman–Crippen MR) is 112 cm³/mol. The molecule has 0 saturated heterocycles. The van der Waals surface area contributed by atoms with Gasteiger partial charge in [0.05, 0.1) is 24.3 Å². The summed E-state index contributed by atoms with van der Waals surface area (Å²) in [6, 6.07) is 11.4. The summed E-state index contributed by atoms with van der Waals surface area (Å²) in [6.07, 6.45) is 2.49. The number of hydrogen-bond acceptors (Lipinski definition) is 4. The smallest absolute Gasteiger partial charge is 0.224 e. The lowest BCUT2D eigenvalue weighted by atomic mass is 9.93. The van der Waals surface area contributed by atoms with Gasteiger partial charge < -0.3 is 25.5 Å². The van der Waals surface area contributed by atoms with Gasteiger partial charge in [-0.05, 0) is 64.1 Å². The number of nitrogens with one attached hydrogen (secondary N) is 2. The van der Waals surface area contributed by atoms with Crippen molar-refractivity contribution in [1.82, 2.24) is 5.32 Å². The third-order valence-corrected chi connectivity index (χ3v) is 4.03. The largest absolute Gasteiger partial charge is 0.491 e. The summed E-state index contributed by atoms with van der Waals surface area (Å²) >= 11 is 0. The van der Waals surface area contributed by atoms with Crippen LogP contribution in [0, 0.1) is 5.41 Å². The van der Waals surface area contributed by atoms with E-state index in [9.17, 15) is 4.79 Å². The molecule has 28 heavy (non-hydrogen) atoms. The van der Waals surface area contributed by atoms with E-state index in [0.717, 1.165) is 17.2 Å². The van der Waals surface area contributed by atoms with Gasteiger partial charge in [-0.15, -0.1) is 0 Å². The molecule has 0 spiro atoms. The number of nitrogens with zero attached hydrogens (tertiary/aromatic N) is 1. The van der Waals surface area contributed by atoms with Crippen LogP contribution >= 0.6 is 0 Å². The lowest BCUT2D eigenvalue weighted by Gasteiger charge is -2.19. The summed E-state index contributed by atoms with van der Waals surface area (Å²) in [5.41, 5.74) is 5.58. The minimum Gasteiger partial charge on any atom is -0.491 e. The monoisotopic (exact) mass is 386 g/mol. The zero-order chi connectivity index (χ0) is 20.6. The molecule has 0 fully saturated rings. The Labute approximate surface area is 166 Å². The van der Waals surface area contributed by atoms with E-state index in [1.807, 2.05) is 50.2 Å². The number of benzene rings is 1. The van der Waals surface area contributed by atoms with Crippen molar-refractivity contribution in [3.05, 3.63) is 48.4 Å². The minimum absolute atomic E-state index is 0.121. The normalized spacial score (nSPS) is 12.1. The van der Waals surface area contributed by atoms with E-state index in [4.69, 9.17) is 14.9 Å². The highest BCUT2D eigenvalue weighted by atomic mass is 16.5. The molecule has 152 valence electrons. The molecule has 0 unspecified atom stereocenters. The number of nitrogens with two attached hydrogens (primary N) is 1. The van der Waals surface area contributed by atoms with Crippen LogP contribution in [0.15, 0.2) is 52.1 Å². The lowest BCUT2D eigenvalue weighted by Crippen LogP contribution is -2.37. The highest BCUT2D eigenvalue weighted by Crippen LogP contribution is 2.18. The van der Waals surface area contributed by atoms with Gasteiger partial charge in [0, 0.05) is 18.7 Å². The molecule has 1 amide bonds. The first kappa shape index (κ1) is 21.3. The number of furan rings is 1. The molecule has 1 aromatic carbocycles. The molecule has 0 saturated carbocycles. The summed E-state index contributed by atoms with van der Waals surface area (Å²) in [7, 11) is 0. The van der Waals surface area contributed by atoms with Crippen LogP contribution in [0.2, 0.25) is 0 Å². The van der Waals surface area contributed by atoms with Crippen molar-refractivity contribution >= 4 is 17.6 Å². The fourth-order valence-corrected chi connectivity index (χ4v) is 2.28. The summed E-state index contributed by atoms with van der Waals surface area (Å²) in [4.78, 5) is 16.1. The van der Waals surface area contributed by atoms with Crippen molar-refractivity contribution in [2.24, 2.45) is 16.1 Å². The number of carbonyl (C=O) groups excluding carboxylic acids is 1. The van der Waals surface area contributed by atoms with E-state index in [2.05, 4.69) is 15.6 Å². The lowest BCUT2D eigenvalue weighted by molar-refractivity contribution is -0.125. The maximum atomic E-state index is 11.6. The molecule has 2 rings (SSSR count). The third-order valence-electron chi connectivity index (χ3n) is 4.03. The van der Waals surface area contributed by atoms with Crippen molar-refractivity contribution in [2.75, 3.05) is 18.4 Å². The number of primary amides is 1. The highest BCUT2D eigenvalue weighted by Gasteiger charge is 2.24. The molecule has 7 heteroatoms. The van der Waals surface area contributed by atoms with Crippen LogP contribution in [0.25, 0.3) is 0 Å². The Hall–Kier alpha value is -2.96. The molecule has 1 aromatic heterocycles. The van der Waals surface area contributed by atoms with E-state index < -0.39 is 5.41 Å². The molecule has 0 atom stereocenters. The van der Waals surface area contributed by atoms with Crippen molar-refractivity contribution in [1.29, 1.82) is 0 Å². The number of hydrogen-bond donors (Lipinski definition) is 3. The minimum atomic E-state index is -0.732. The Morgan fingerprint density at radius 2 is 1.96 bits per heavy atom. The second-order valence-corrected chi connectivity index (χ2v) is 7.49. The fraction of sp³-hybridized carbons (Fsp3) is 0.429. The van der Waals surface area contributed by atoms with Gasteiger partial charge in [-0.25, -0.2) is 0 Å². The van der Waals surface area contributed by atoms with Gasteiger partial charge >= 0.3 is 0 Å². The molecule has 1 heterocycles. The van der Waals surface area contributed by atoms with Crippen molar-refractivity contribution in [3.8, 4) is 5.75 Å². The predicted octanol–water partition coefficient (Wildman–Crippen LogP) is 3.18. The van der Waals surface area contributed by atoms with Crippen LogP contribution in [0.3, 0.4) is 0 Å². The van der Waals surface area contributed by atoms with Gasteiger partial charge in [-0.3, -0.25) is 9.79 Å². The number of aliphatic imine (C=N–C) groups is 1. The van der Waals surface area contributed by atoms with E-state index in [-0.39, 0.29) is 18.6 Å². The molecular weight excluding hydrogens is 356 g/mol. The Morgan fingerprint density at radius 1 is 1.25 bits per heavy atom. The molecule has 4 N–H and O–H groups in total. The Bertz CT molecular complexity index is 765. The number of carbonyl (C=O) groups is 1. The summed E-state index contributed by atoms with van der Waals surface area (Å²) in [5.74, 6) is 1.87. The third kappa shape index (κ3) is 6.98. The fourth-order valence-electron chi connectivity index (χ4n) is 2.28. The number of anilines is 1. The SMILES string of the molecule is CC(C)Oc1ccc(NC(=NCC(C)(C)C(N)=O)NCCc2ccco2)cc1. The molecule has 2 aromatic rings. The van der Waals surface area contributed by atoms with Crippen LogP contribution in [-0.4, -0.2) is 31.1 Å². The summed E-state index contributed by atoms with van der Waals surface area (Å²) in [5, 5.41) is 6.51. The summed E-state index contributed by atoms with van der Waals surface area (Å²) < 4.78 is 11.0. The van der Waals surface area contributed by atoms with E-state index >= 15 is 0 Å². The van der Waals surface area contributed by atoms with Crippen molar-refractivity contribution < 1.29 is 13.9 Å². The first-order valence-electron chi connectivity index (χ1n) is 9.40. The first-order valence-corrected chi connectivity index (χ1v) is 9.40. The van der Waals surface area contributed by atoms with E-state index in [1.165, 1.54) is 0 Å². The quantitative estimate of drug-likeness (QED) is 0.454. The Kier molecular flexibility index (Phi) is 7.49. The standard InChI is InChI=1S/C21H30N4O3/c1-15(2)28-18-9-7-16(8-10-18)25-20(24-14-21(3,4)19(22)26)23-12-11-17-6-5-13-27-17/h5-10,13,15H,11-12,14H2,1-4H3,(H2,22,26)(H2,23,24,25). The van der Waals surface area contributed by atoms with Crippen molar-refractivity contribution in [2.45, 2.75) is 40.2 Å². The molecule has 0 aliphatic rings. The zero-order valence-corrected chi connectivity index (χ0v) is 17.0. The number of amides is 1. The Balaban J connectivity index is 2.04. The molecule has 0 aliphatic heterocycles. The molecular formula is C21H30N4O3. The zero-order valence-electron chi connectivity index (χ0n) is 17.0. The van der Waals surface area contributed by atoms with Gasteiger partial charge in [-0.1, -0.05) is 0 Å². The van der Waals surface area contributed by atoms with Gasteiger partial charge in [0.25, 0.3) is 0 Å². The van der Waals surface area contributed by atoms with Crippen molar-refractivity contribution in [3.63, 3.8) is 0 Å². The van der Waals surface area contributed by atoms with E-state index in [1.54, 1.807) is 20.1 Å².